The monoisotopic (exact) mass is 443 g/mol. The number of amides is 1. The van der Waals surface area contributed by atoms with Crippen LogP contribution in [0, 0.1) is 5.82 Å². The minimum atomic E-state index is -1.21. The van der Waals surface area contributed by atoms with E-state index in [0.717, 1.165) is 6.04 Å². The number of nitrogen functional groups attached to an aromatic ring is 1. The fourth-order valence-electron chi connectivity index (χ4n) is 3.07. The molecule has 2 heterocycles. The van der Waals surface area contributed by atoms with E-state index in [2.05, 4.69) is 34.9 Å². The molecule has 3 aromatic rings. The molecule has 0 saturated carbocycles. The van der Waals surface area contributed by atoms with Crippen LogP contribution in [-0.2, 0) is 11.5 Å². The maximum absolute atomic E-state index is 14.4. The fraction of sp³-hybridized carbons (Fsp3) is 0.409. The Bertz CT molecular complexity index is 1090. The number of carbonyl (C=O) groups excluding carboxylic acids is 1. The zero-order valence-electron chi connectivity index (χ0n) is 18.7. The van der Waals surface area contributed by atoms with Crippen molar-refractivity contribution >= 4 is 30.8 Å². The van der Waals surface area contributed by atoms with Gasteiger partial charge in [-0.3, -0.25) is 4.79 Å². The van der Waals surface area contributed by atoms with Crippen LogP contribution in [0.3, 0.4) is 0 Å². The maximum atomic E-state index is 14.4. The molecule has 1 amide bonds. The SMILES string of the molecule is CC(C)NC(=O)c1cn(COCC[Si](C)(C)C)c2ncc(-c3cc(N)ccc3F)nc12. The highest BCUT2D eigenvalue weighted by Gasteiger charge is 2.20. The third-order valence-corrected chi connectivity index (χ3v) is 6.43. The van der Waals surface area contributed by atoms with Crippen molar-refractivity contribution in [3.8, 4) is 11.3 Å². The summed E-state index contributed by atoms with van der Waals surface area (Å²) in [6, 6.07) is 5.29. The number of hydrogen-bond acceptors (Lipinski definition) is 5. The molecule has 0 fully saturated rings. The van der Waals surface area contributed by atoms with Gasteiger partial charge in [0.2, 0.25) is 0 Å². The van der Waals surface area contributed by atoms with Gasteiger partial charge in [0.05, 0.1) is 17.5 Å². The quantitative estimate of drug-likeness (QED) is 0.308. The molecule has 0 saturated heterocycles. The smallest absolute Gasteiger partial charge is 0.255 e. The van der Waals surface area contributed by atoms with E-state index in [0.29, 0.717) is 34.7 Å². The molecule has 0 aliphatic carbocycles. The van der Waals surface area contributed by atoms with Crippen LogP contribution in [0.25, 0.3) is 22.4 Å². The number of halogens is 1. The summed E-state index contributed by atoms with van der Waals surface area (Å²) in [4.78, 5) is 21.8. The Kier molecular flexibility index (Phi) is 6.76. The molecule has 0 atom stereocenters. The highest BCUT2D eigenvalue weighted by molar-refractivity contribution is 6.76. The van der Waals surface area contributed by atoms with Crippen molar-refractivity contribution in [2.24, 2.45) is 0 Å². The van der Waals surface area contributed by atoms with Crippen molar-refractivity contribution in [1.82, 2.24) is 19.9 Å². The van der Waals surface area contributed by atoms with E-state index < -0.39 is 13.9 Å². The van der Waals surface area contributed by atoms with Crippen molar-refractivity contribution in [1.29, 1.82) is 0 Å². The Balaban J connectivity index is 2.00. The summed E-state index contributed by atoms with van der Waals surface area (Å²) >= 11 is 0. The second-order valence-corrected chi connectivity index (χ2v) is 14.8. The van der Waals surface area contributed by atoms with E-state index in [4.69, 9.17) is 10.5 Å². The summed E-state index contributed by atoms with van der Waals surface area (Å²) in [6.07, 6.45) is 3.18. The van der Waals surface area contributed by atoms with Crippen LogP contribution in [0.1, 0.15) is 24.2 Å². The van der Waals surface area contributed by atoms with Gasteiger partial charge in [-0.05, 0) is 38.1 Å². The zero-order valence-corrected chi connectivity index (χ0v) is 19.7. The molecule has 0 aliphatic heterocycles. The third kappa shape index (κ3) is 5.68. The lowest BCUT2D eigenvalue weighted by molar-refractivity contribution is 0.0890. The van der Waals surface area contributed by atoms with Gasteiger partial charge < -0.3 is 20.4 Å². The zero-order chi connectivity index (χ0) is 22.8. The average molecular weight is 444 g/mol. The van der Waals surface area contributed by atoms with Gasteiger partial charge in [-0.2, -0.15) is 0 Å². The average Bonchev–Trinajstić information content (AvgIpc) is 3.04. The molecule has 1 aromatic carbocycles. The minimum absolute atomic E-state index is 0.0404. The van der Waals surface area contributed by atoms with E-state index in [1.54, 1.807) is 10.8 Å². The molecular weight excluding hydrogens is 413 g/mol. The van der Waals surface area contributed by atoms with Gasteiger partial charge >= 0.3 is 0 Å². The van der Waals surface area contributed by atoms with Gasteiger partial charge in [0.15, 0.2) is 5.65 Å². The van der Waals surface area contributed by atoms with Gasteiger partial charge in [0.1, 0.15) is 18.1 Å². The highest BCUT2D eigenvalue weighted by Crippen LogP contribution is 2.26. The third-order valence-electron chi connectivity index (χ3n) is 4.72. The Morgan fingerprint density at radius 2 is 2.06 bits per heavy atom. The Morgan fingerprint density at radius 3 is 2.74 bits per heavy atom. The molecule has 9 heteroatoms. The molecule has 0 radical (unpaired) electrons. The van der Waals surface area contributed by atoms with E-state index in [9.17, 15) is 9.18 Å². The Hall–Kier alpha value is -2.78. The minimum Gasteiger partial charge on any atom is -0.399 e. The molecule has 0 spiro atoms. The lowest BCUT2D eigenvalue weighted by Crippen LogP contribution is -2.30. The van der Waals surface area contributed by atoms with E-state index >= 15 is 0 Å². The number of carbonyl (C=O) groups is 1. The van der Waals surface area contributed by atoms with Crippen LogP contribution in [0.4, 0.5) is 10.1 Å². The molecule has 2 aromatic heterocycles. The number of nitrogens with two attached hydrogens (primary N) is 1. The first-order chi connectivity index (χ1) is 14.5. The molecule has 3 N–H and O–H groups in total. The fourth-order valence-corrected chi connectivity index (χ4v) is 3.82. The number of benzene rings is 1. The number of anilines is 1. The predicted octanol–water partition coefficient (Wildman–Crippen LogP) is 4.27. The van der Waals surface area contributed by atoms with Crippen molar-refractivity contribution in [2.45, 2.75) is 52.3 Å². The van der Waals surface area contributed by atoms with Gasteiger partial charge in [-0.1, -0.05) is 19.6 Å². The van der Waals surface area contributed by atoms with Crippen molar-refractivity contribution in [3.63, 3.8) is 0 Å². The van der Waals surface area contributed by atoms with Crippen LogP contribution in [0.15, 0.2) is 30.6 Å². The summed E-state index contributed by atoms with van der Waals surface area (Å²) in [7, 11) is -1.21. The molecule has 7 nitrogen and oxygen atoms in total. The molecule has 0 unspecified atom stereocenters. The molecule has 31 heavy (non-hydrogen) atoms. The topological polar surface area (TPSA) is 95.1 Å². The number of aromatic nitrogens is 3. The molecular formula is C22H30FN5O2Si. The normalized spacial score (nSPS) is 12.0. The summed E-state index contributed by atoms with van der Waals surface area (Å²) in [6.45, 7) is 11.5. The van der Waals surface area contributed by atoms with Crippen molar-refractivity contribution < 1.29 is 13.9 Å². The van der Waals surface area contributed by atoms with E-state index in [1.807, 2.05) is 13.8 Å². The highest BCUT2D eigenvalue weighted by atomic mass is 28.3. The van der Waals surface area contributed by atoms with Crippen LogP contribution in [-0.4, -0.2) is 41.2 Å². The Morgan fingerprint density at radius 1 is 1.32 bits per heavy atom. The first kappa shape index (κ1) is 22.9. The second kappa shape index (κ2) is 9.15. The van der Waals surface area contributed by atoms with Crippen molar-refractivity contribution in [2.75, 3.05) is 12.3 Å². The van der Waals surface area contributed by atoms with E-state index in [1.165, 1.54) is 24.4 Å². The van der Waals surface area contributed by atoms with Crippen molar-refractivity contribution in [3.05, 3.63) is 42.0 Å². The van der Waals surface area contributed by atoms with Crippen LogP contribution in [0.2, 0.25) is 25.7 Å². The van der Waals surface area contributed by atoms with Crippen LogP contribution < -0.4 is 11.1 Å². The maximum Gasteiger partial charge on any atom is 0.255 e. The number of ether oxygens (including phenoxy) is 1. The first-order valence-corrected chi connectivity index (χ1v) is 14.1. The van der Waals surface area contributed by atoms with Crippen LogP contribution >= 0.6 is 0 Å². The number of nitrogens with one attached hydrogen (secondary N) is 1. The summed E-state index contributed by atoms with van der Waals surface area (Å²) in [5.41, 5.74) is 8.07. The van der Waals surface area contributed by atoms with Gasteiger partial charge in [0.25, 0.3) is 5.91 Å². The second-order valence-electron chi connectivity index (χ2n) is 9.16. The lowest BCUT2D eigenvalue weighted by atomic mass is 10.1. The number of fused-ring (bicyclic) bond motifs is 1. The summed E-state index contributed by atoms with van der Waals surface area (Å²) < 4.78 is 22.0. The molecule has 166 valence electrons. The largest absolute Gasteiger partial charge is 0.399 e. The lowest BCUT2D eigenvalue weighted by Gasteiger charge is -2.15. The molecule has 0 bridgehead atoms. The van der Waals surface area contributed by atoms with Gasteiger partial charge in [-0.15, -0.1) is 0 Å². The summed E-state index contributed by atoms with van der Waals surface area (Å²) in [5, 5.41) is 2.88. The first-order valence-electron chi connectivity index (χ1n) is 10.3. The standard InChI is InChI=1S/C22H30FN5O2Si/c1-14(2)26-22(29)17-12-28(13-30-8-9-31(3,4)5)21-20(17)27-19(11-25-21)16-10-15(24)6-7-18(16)23/h6-7,10-12,14H,8-9,13,24H2,1-5H3,(H,26,29). The number of rotatable bonds is 8. The van der Waals surface area contributed by atoms with Gasteiger partial charge in [-0.25, -0.2) is 14.4 Å². The van der Waals surface area contributed by atoms with E-state index in [-0.39, 0.29) is 24.2 Å². The number of nitrogens with zero attached hydrogens (tertiary/aromatic N) is 3. The number of hydrogen-bond donors (Lipinski definition) is 2. The van der Waals surface area contributed by atoms with Gasteiger partial charge in [0, 0.05) is 38.2 Å². The molecule has 3 rings (SSSR count). The van der Waals surface area contributed by atoms with Crippen LogP contribution in [0.5, 0.6) is 0 Å². The predicted molar refractivity (Wildman–Crippen MR) is 124 cm³/mol. The Labute approximate surface area is 182 Å². The molecule has 0 aliphatic rings. The summed E-state index contributed by atoms with van der Waals surface area (Å²) in [5.74, 6) is -0.717.